The smallest absolute Gasteiger partial charge is 0.275 e. The average Bonchev–Trinajstić information content (AvgIpc) is 2.55. The molecule has 0 fully saturated rings. The number of hydrogen-bond donors (Lipinski definition) is 2. The summed E-state index contributed by atoms with van der Waals surface area (Å²) < 4.78 is 0. The number of carbonyl (C=O) groups is 1. The number of nitrogens with two attached hydrogens (primary N) is 1. The van der Waals surface area contributed by atoms with Crippen LogP contribution >= 0.6 is 0 Å². The molecule has 0 aliphatic carbocycles. The predicted octanol–water partition coefficient (Wildman–Crippen LogP) is 1.69. The van der Waals surface area contributed by atoms with E-state index in [0.29, 0.717) is 12.1 Å². The Kier molecular flexibility index (Phi) is 5.27. The molecule has 2 aromatic rings. The van der Waals surface area contributed by atoms with Crippen LogP contribution in [0.3, 0.4) is 0 Å². The van der Waals surface area contributed by atoms with Gasteiger partial charge < -0.3 is 15.7 Å². The number of hydrogen-bond acceptors (Lipinski definition) is 5. The van der Waals surface area contributed by atoms with Crippen molar-refractivity contribution in [3.8, 4) is 0 Å². The number of amides is 1. The Morgan fingerprint density at radius 2 is 1.91 bits per heavy atom. The lowest BCUT2D eigenvalue weighted by Gasteiger charge is -2.24. The molecule has 0 aliphatic heterocycles. The van der Waals surface area contributed by atoms with E-state index in [9.17, 15) is 20.0 Å². The highest BCUT2D eigenvalue weighted by atomic mass is 16.6. The van der Waals surface area contributed by atoms with Gasteiger partial charge in [0.2, 0.25) is 5.91 Å². The second-order valence-corrected chi connectivity index (χ2v) is 4.95. The molecule has 2 aromatic carbocycles. The van der Waals surface area contributed by atoms with Crippen molar-refractivity contribution in [2.24, 2.45) is 5.73 Å². The Bertz CT molecular complexity index is 704. The van der Waals surface area contributed by atoms with Crippen molar-refractivity contribution in [1.29, 1.82) is 0 Å². The molecule has 0 spiro atoms. The second-order valence-electron chi connectivity index (χ2n) is 4.95. The second kappa shape index (κ2) is 7.37. The standard InChI is InChI=1S/C16H17N3O4/c17-16(21)12-6-7-13(15(10-12)19(22)23)11-18(8-9-20)14-4-2-1-3-5-14/h1-7,10,20H,8-9,11H2,(H2,17,21). The maximum absolute atomic E-state index is 11.3. The van der Waals surface area contributed by atoms with E-state index in [2.05, 4.69) is 0 Å². The van der Waals surface area contributed by atoms with Crippen molar-refractivity contribution < 1.29 is 14.8 Å². The van der Waals surface area contributed by atoms with Crippen molar-refractivity contribution in [2.75, 3.05) is 18.1 Å². The molecule has 0 unspecified atom stereocenters. The number of benzene rings is 2. The van der Waals surface area contributed by atoms with Gasteiger partial charge in [0.25, 0.3) is 5.69 Å². The topological polar surface area (TPSA) is 110 Å². The number of primary amides is 1. The number of aliphatic hydroxyl groups is 1. The Labute approximate surface area is 133 Å². The van der Waals surface area contributed by atoms with Crippen LogP contribution in [-0.4, -0.2) is 29.1 Å². The maximum atomic E-state index is 11.3. The molecule has 2 rings (SSSR count). The lowest BCUT2D eigenvalue weighted by Crippen LogP contribution is -2.26. The van der Waals surface area contributed by atoms with Crippen LogP contribution < -0.4 is 10.6 Å². The van der Waals surface area contributed by atoms with Crippen molar-refractivity contribution in [1.82, 2.24) is 0 Å². The zero-order valence-electron chi connectivity index (χ0n) is 12.4. The van der Waals surface area contributed by atoms with Crippen LogP contribution in [-0.2, 0) is 6.54 Å². The summed E-state index contributed by atoms with van der Waals surface area (Å²) in [7, 11) is 0. The van der Waals surface area contributed by atoms with Gasteiger partial charge in [-0.2, -0.15) is 0 Å². The monoisotopic (exact) mass is 315 g/mol. The number of aliphatic hydroxyl groups excluding tert-OH is 1. The highest BCUT2D eigenvalue weighted by Crippen LogP contribution is 2.24. The van der Waals surface area contributed by atoms with Gasteiger partial charge in [-0.05, 0) is 24.3 Å². The van der Waals surface area contributed by atoms with Crippen LogP contribution in [0, 0.1) is 10.1 Å². The fourth-order valence-corrected chi connectivity index (χ4v) is 2.29. The number of para-hydroxylation sites is 1. The number of rotatable bonds is 7. The van der Waals surface area contributed by atoms with Gasteiger partial charge in [-0.25, -0.2) is 0 Å². The summed E-state index contributed by atoms with van der Waals surface area (Å²) >= 11 is 0. The van der Waals surface area contributed by atoms with Crippen LogP contribution in [0.2, 0.25) is 0 Å². The van der Waals surface area contributed by atoms with Crippen LogP contribution in [0.15, 0.2) is 48.5 Å². The summed E-state index contributed by atoms with van der Waals surface area (Å²) in [6.45, 7) is 0.487. The van der Waals surface area contributed by atoms with Gasteiger partial charge in [0, 0.05) is 36.0 Å². The molecule has 0 aliphatic rings. The summed E-state index contributed by atoms with van der Waals surface area (Å²) in [5.74, 6) is -0.713. The fraction of sp³-hybridized carbons (Fsp3) is 0.188. The molecule has 23 heavy (non-hydrogen) atoms. The van der Waals surface area contributed by atoms with E-state index in [1.54, 1.807) is 0 Å². The lowest BCUT2D eigenvalue weighted by atomic mass is 10.1. The van der Waals surface area contributed by atoms with Gasteiger partial charge in [0.15, 0.2) is 0 Å². The molecule has 3 N–H and O–H groups in total. The zero-order valence-corrected chi connectivity index (χ0v) is 12.4. The van der Waals surface area contributed by atoms with Gasteiger partial charge in [-0.3, -0.25) is 14.9 Å². The normalized spacial score (nSPS) is 10.3. The zero-order chi connectivity index (χ0) is 16.8. The fourth-order valence-electron chi connectivity index (χ4n) is 2.29. The minimum absolute atomic E-state index is 0.0813. The molecule has 7 heteroatoms. The lowest BCUT2D eigenvalue weighted by molar-refractivity contribution is -0.385. The Hall–Kier alpha value is -2.93. The summed E-state index contributed by atoms with van der Waals surface area (Å²) in [5, 5.41) is 20.5. The molecule has 0 atom stereocenters. The Balaban J connectivity index is 2.36. The van der Waals surface area contributed by atoms with E-state index in [0.717, 1.165) is 5.69 Å². The first-order valence-corrected chi connectivity index (χ1v) is 7.01. The van der Waals surface area contributed by atoms with E-state index < -0.39 is 10.8 Å². The van der Waals surface area contributed by atoms with Crippen molar-refractivity contribution in [2.45, 2.75) is 6.54 Å². The largest absolute Gasteiger partial charge is 0.395 e. The molecule has 120 valence electrons. The van der Waals surface area contributed by atoms with Crippen LogP contribution in [0.25, 0.3) is 0 Å². The predicted molar refractivity (Wildman–Crippen MR) is 86.2 cm³/mol. The molecule has 0 saturated carbocycles. The summed E-state index contributed by atoms with van der Waals surface area (Å²) in [6, 6.07) is 13.5. The molecule has 7 nitrogen and oxygen atoms in total. The quantitative estimate of drug-likeness (QED) is 0.597. The average molecular weight is 315 g/mol. The van der Waals surface area contributed by atoms with Gasteiger partial charge in [-0.1, -0.05) is 18.2 Å². The van der Waals surface area contributed by atoms with Crippen molar-refractivity contribution in [3.63, 3.8) is 0 Å². The van der Waals surface area contributed by atoms with E-state index in [1.165, 1.54) is 18.2 Å². The van der Waals surface area contributed by atoms with Crippen LogP contribution in [0.5, 0.6) is 0 Å². The first-order valence-electron chi connectivity index (χ1n) is 7.01. The number of carbonyl (C=O) groups excluding carboxylic acids is 1. The van der Waals surface area contributed by atoms with Crippen LogP contribution in [0.4, 0.5) is 11.4 Å². The Morgan fingerprint density at radius 3 is 2.48 bits per heavy atom. The van der Waals surface area contributed by atoms with E-state index in [1.807, 2.05) is 35.2 Å². The minimum Gasteiger partial charge on any atom is -0.395 e. The molecular weight excluding hydrogens is 298 g/mol. The van der Waals surface area contributed by atoms with Crippen molar-refractivity contribution in [3.05, 3.63) is 69.8 Å². The summed E-state index contributed by atoms with van der Waals surface area (Å²) in [5.41, 5.74) is 6.38. The maximum Gasteiger partial charge on any atom is 0.275 e. The number of anilines is 1. The first kappa shape index (κ1) is 16.4. The number of nitro benzene ring substituents is 1. The minimum atomic E-state index is -0.713. The number of nitro groups is 1. The molecule has 0 bridgehead atoms. The first-order chi connectivity index (χ1) is 11.0. The summed E-state index contributed by atoms with van der Waals surface area (Å²) in [4.78, 5) is 23.7. The highest BCUT2D eigenvalue weighted by Gasteiger charge is 2.19. The highest BCUT2D eigenvalue weighted by molar-refractivity contribution is 5.93. The molecule has 0 saturated heterocycles. The molecular formula is C16H17N3O4. The van der Waals surface area contributed by atoms with Gasteiger partial charge in [-0.15, -0.1) is 0 Å². The third-order valence-electron chi connectivity index (χ3n) is 3.42. The van der Waals surface area contributed by atoms with E-state index in [-0.39, 0.29) is 24.4 Å². The van der Waals surface area contributed by atoms with E-state index >= 15 is 0 Å². The van der Waals surface area contributed by atoms with Gasteiger partial charge in [0.1, 0.15) is 0 Å². The van der Waals surface area contributed by atoms with Crippen LogP contribution in [0.1, 0.15) is 15.9 Å². The third-order valence-corrected chi connectivity index (χ3v) is 3.42. The summed E-state index contributed by atoms with van der Waals surface area (Å²) in [6.07, 6.45) is 0. The molecule has 0 heterocycles. The molecule has 1 amide bonds. The van der Waals surface area contributed by atoms with Gasteiger partial charge >= 0.3 is 0 Å². The third kappa shape index (κ3) is 4.04. The number of nitrogens with zero attached hydrogens (tertiary/aromatic N) is 2. The van der Waals surface area contributed by atoms with Gasteiger partial charge in [0.05, 0.1) is 11.5 Å². The van der Waals surface area contributed by atoms with E-state index in [4.69, 9.17) is 5.73 Å². The molecule has 0 radical (unpaired) electrons. The SMILES string of the molecule is NC(=O)c1ccc(CN(CCO)c2ccccc2)c([N+](=O)[O-])c1. The van der Waals surface area contributed by atoms with Crippen molar-refractivity contribution >= 4 is 17.3 Å². The molecule has 0 aromatic heterocycles. The Morgan fingerprint density at radius 1 is 1.22 bits per heavy atom.